The number of nitrogens with one attached hydrogen (secondary N) is 1. The van der Waals surface area contributed by atoms with Crippen LogP contribution in [0.5, 0.6) is 11.5 Å². The van der Waals surface area contributed by atoms with Gasteiger partial charge in [0.15, 0.2) is 11.5 Å². The van der Waals surface area contributed by atoms with Crippen LogP contribution in [0.4, 0.5) is 0 Å². The fraction of sp³-hybridized carbons (Fsp3) is 0.647. The summed E-state index contributed by atoms with van der Waals surface area (Å²) < 4.78 is 10.7. The van der Waals surface area contributed by atoms with Crippen LogP contribution in [0, 0.1) is 11.8 Å². The smallest absolute Gasteiger partial charge is 0.161 e. The highest BCUT2D eigenvalue weighted by molar-refractivity contribution is 5.44. The van der Waals surface area contributed by atoms with Crippen molar-refractivity contribution in [3.8, 4) is 11.5 Å². The zero-order chi connectivity index (χ0) is 15.2. The van der Waals surface area contributed by atoms with E-state index in [-0.39, 0.29) is 6.04 Å². The van der Waals surface area contributed by atoms with Gasteiger partial charge in [-0.05, 0) is 36.0 Å². The van der Waals surface area contributed by atoms with Crippen LogP contribution < -0.4 is 20.7 Å². The zero-order valence-corrected chi connectivity index (χ0v) is 13.4. The zero-order valence-electron chi connectivity index (χ0n) is 13.4. The molecule has 0 saturated heterocycles. The Bertz CT molecular complexity index is 450. The highest BCUT2D eigenvalue weighted by Crippen LogP contribution is 2.41. The van der Waals surface area contributed by atoms with E-state index in [0.29, 0.717) is 5.92 Å². The van der Waals surface area contributed by atoms with Gasteiger partial charge in [0, 0.05) is 6.04 Å². The first-order valence-electron chi connectivity index (χ1n) is 7.93. The van der Waals surface area contributed by atoms with E-state index in [1.807, 2.05) is 12.1 Å². The number of hydrogen-bond donors (Lipinski definition) is 2. The summed E-state index contributed by atoms with van der Waals surface area (Å²) >= 11 is 0. The second-order valence-corrected chi connectivity index (χ2v) is 5.88. The monoisotopic (exact) mass is 292 g/mol. The number of hydrogen-bond acceptors (Lipinski definition) is 4. The number of nitrogens with two attached hydrogens (primary N) is 1. The number of methoxy groups -OCH3 is 2. The van der Waals surface area contributed by atoms with E-state index in [2.05, 4.69) is 18.4 Å². The molecule has 0 bridgehead atoms. The van der Waals surface area contributed by atoms with Crippen molar-refractivity contribution in [2.45, 2.75) is 45.1 Å². The fourth-order valence-electron chi connectivity index (χ4n) is 3.70. The predicted octanol–water partition coefficient (Wildman–Crippen LogP) is 3.42. The Kier molecular flexibility index (Phi) is 5.88. The molecular formula is C17H28N2O2. The minimum absolute atomic E-state index is 0.176. The lowest BCUT2D eigenvalue weighted by molar-refractivity contribution is 0.175. The molecule has 0 aromatic heterocycles. The van der Waals surface area contributed by atoms with E-state index in [1.165, 1.54) is 37.7 Å². The molecule has 118 valence electrons. The Morgan fingerprint density at radius 1 is 1.19 bits per heavy atom. The average molecular weight is 292 g/mol. The van der Waals surface area contributed by atoms with Crippen molar-refractivity contribution in [3.63, 3.8) is 0 Å². The van der Waals surface area contributed by atoms with Gasteiger partial charge in [0.1, 0.15) is 0 Å². The maximum atomic E-state index is 5.89. The van der Waals surface area contributed by atoms with Gasteiger partial charge in [0.25, 0.3) is 0 Å². The summed E-state index contributed by atoms with van der Waals surface area (Å²) in [5.74, 6) is 8.75. The third-order valence-electron chi connectivity index (χ3n) is 4.87. The molecule has 1 saturated carbocycles. The lowest BCUT2D eigenvalue weighted by Crippen LogP contribution is -2.38. The quantitative estimate of drug-likeness (QED) is 0.623. The number of ether oxygens (including phenoxy) is 2. The highest BCUT2D eigenvalue weighted by Gasteiger charge is 2.31. The van der Waals surface area contributed by atoms with Crippen LogP contribution in [0.15, 0.2) is 18.2 Å². The summed E-state index contributed by atoms with van der Waals surface area (Å²) in [4.78, 5) is 0. The summed E-state index contributed by atoms with van der Waals surface area (Å²) in [5.41, 5.74) is 4.23. The molecular weight excluding hydrogens is 264 g/mol. The van der Waals surface area contributed by atoms with E-state index in [1.54, 1.807) is 14.2 Å². The van der Waals surface area contributed by atoms with Gasteiger partial charge in [-0.2, -0.15) is 0 Å². The third kappa shape index (κ3) is 3.50. The number of rotatable bonds is 6. The van der Waals surface area contributed by atoms with Crippen molar-refractivity contribution < 1.29 is 9.47 Å². The Balaban J connectivity index is 2.27. The summed E-state index contributed by atoms with van der Waals surface area (Å²) in [5, 5.41) is 0. The Morgan fingerprint density at radius 3 is 2.52 bits per heavy atom. The van der Waals surface area contributed by atoms with Crippen LogP contribution in [0.2, 0.25) is 0 Å². The molecule has 0 amide bonds. The molecule has 1 aliphatic carbocycles. The maximum Gasteiger partial charge on any atom is 0.161 e. The molecule has 0 radical (unpaired) electrons. The lowest BCUT2D eigenvalue weighted by atomic mass is 9.72. The molecule has 0 spiro atoms. The molecule has 1 fully saturated rings. The minimum Gasteiger partial charge on any atom is -0.493 e. The van der Waals surface area contributed by atoms with Crippen molar-refractivity contribution in [2.75, 3.05) is 14.2 Å². The molecule has 3 atom stereocenters. The SMILES string of the molecule is CCC1CCCCC1C(NN)c1ccc(OC)c(OC)c1. The average Bonchev–Trinajstić information content (AvgIpc) is 2.55. The molecule has 1 aliphatic rings. The molecule has 3 N–H and O–H groups in total. The molecule has 3 unspecified atom stereocenters. The summed E-state index contributed by atoms with van der Waals surface area (Å²) in [6, 6.07) is 6.27. The fourth-order valence-corrected chi connectivity index (χ4v) is 3.70. The Labute approximate surface area is 128 Å². The summed E-state index contributed by atoms with van der Waals surface area (Å²) in [6.07, 6.45) is 6.41. The molecule has 2 rings (SSSR count). The largest absolute Gasteiger partial charge is 0.493 e. The molecule has 4 nitrogen and oxygen atoms in total. The lowest BCUT2D eigenvalue weighted by Gasteiger charge is -2.37. The van der Waals surface area contributed by atoms with E-state index in [0.717, 1.165) is 17.4 Å². The van der Waals surface area contributed by atoms with E-state index >= 15 is 0 Å². The standard InChI is InChI=1S/C17H28N2O2/c1-4-12-7-5-6-8-14(12)17(19-18)13-9-10-15(20-2)16(11-13)21-3/h9-12,14,17,19H,4-8,18H2,1-3H3. The predicted molar refractivity (Wildman–Crippen MR) is 85.3 cm³/mol. The first kappa shape index (κ1) is 16.1. The van der Waals surface area contributed by atoms with E-state index in [4.69, 9.17) is 15.3 Å². The van der Waals surface area contributed by atoms with Gasteiger partial charge >= 0.3 is 0 Å². The van der Waals surface area contributed by atoms with Crippen LogP contribution in [0.3, 0.4) is 0 Å². The van der Waals surface area contributed by atoms with Gasteiger partial charge in [0.05, 0.1) is 14.2 Å². The number of hydrazine groups is 1. The van der Waals surface area contributed by atoms with Crippen molar-refractivity contribution in [3.05, 3.63) is 23.8 Å². The van der Waals surface area contributed by atoms with E-state index < -0.39 is 0 Å². The normalized spacial score (nSPS) is 23.6. The molecule has 21 heavy (non-hydrogen) atoms. The first-order valence-corrected chi connectivity index (χ1v) is 7.93. The Morgan fingerprint density at radius 2 is 1.90 bits per heavy atom. The van der Waals surface area contributed by atoms with Crippen molar-refractivity contribution >= 4 is 0 Å². The van der Waals surface area contributed by atoms with Gasteiger partial charge in [0.2, 0.25) is 0 Å². The minimum atomic E-state index is 0.176. The van der Waals surface area contributed by atoms with Crippen LogP contribution in [0.25, 0.3) is 0 Å². The molecule has 4 heteroatoms. The number of benzene rings is 1. The molecule has 0 heterocycles. The van der Waals surface area contributed by atoms with Crippen molar-refractivity contribution in [1.82, 2.24) is 5.43 Å². The Hall–Kier alpha value is -1.26. The van der Waals surface area contributed by atoms with Crippen molar-refractivity contribution in [1.29, 1.82) is 0 Å². The summed E-state index contributed by atoms with van der Waals surface area (Å²) in [7, 11) is 3.33. The highest BCUT2D eigenvalue weighted by atomic mass is 16.5. The van der Waals surface area contributed by atoms with Crippen molar-refractivity contribution in [2.24, 2.45) is 17.7 Å². The van der Waals surface area contributed by atoms with Gasteiger partial charge < -0.3 is 9.47 Å². The first-order chi connectivity index (χ1) is 10.2. The third-order valence-corrected chi connectivity index (χ3v) is 4.87. The van der Waals surface area contributed by atoms with Crippen LogP contribution in [-0.4, -0.2) is 14.2 Å². The maximum absolute atomic E-state index is 5.89. The van der Waals surface area contributed by atoms with Crippen LogP contribution in [0.1, 0.15) is 50.6 Å². The topological polar surface area (TPSA) is 56.5 Å². The van der Waals surface area contributed by atoms with Gasteiger partial charge in [-0.1, -0.05) is 38.7 Å². The van der Waals surface area contributed by atoms with E-state index in [9.17, 15) is 0 Å². The second kappa shape index (κ2) is 7.66. The van der Waals surface area contributed by atoms with Gasteiger partial charge in [-0.3, -0.25) is 11.3 Å². The molecule has 1 aromatic carbocycles. The van der Waals surface area contributed by atoms with Gasteiger partial charge in [-0.15, -0.1) is 0 Å². The summed E-state index contributed by atoms with van der Waals surface area (Å²) in [6.45, 7) is 2.28. The van der Waals surface area contributed by atoms with Gasteiger partial charge in [-0.25, -0.2) is 0 Å². The van der Waals surface area contributed by atoms with Crippen LogP contribution >= 0.6 is 0 Å². The van der Waals surface area contributed by atoms with Crippen LogP contribution in [-0.2, 0) is 0 Å². The molecule has 1 aromatic rings. The second-order valence-electron chi connectivity index (χ2n) is 5.88. The molecule has 0 aliphatic heterocycles.